The number of rotatable bonds is 6. The summed E-state index contributed by atoms with van der Waals surface area (Å²) in [5.41, 5.74) is 0.246. The molecule has 3 rings (SSSR count). The van der Waals surface area contributed by atoms with E-state index in [1.54, 1.807) is 18.2 Å². The third-order valence-electron chi connectivity index (χ3n) is 4.38. The van der Waals surface area contributed by atoms with Gasteiger partial charge in [0.1, 0.15) is 5.82 Å². The number of para-hydroxylation sites is 1. The van der Waals surface area contributed by atoms with Gasteiger partial charge in [-0.2, -0.15) is 11.8 Å². The number of carbonyl (C=O) groups is 1. The summed E-state index contributed by atoms with van der Waals surface area (Å²) in [4.78, 5) is 14.6. The highest BCUT2D eigenvalue weighted by Gasteiger charge is 2.28. The molecule has 2 saturated heterocycles. The second kappa shape index (κ2) is 8.13. The first kappa shape index (κ1) is 16.7. The summed E-state index contributed by atoms with van der Waals surface area (Å²) in [6.45, 7) is 1.90. The van der Waals surface area contributed by atoms with Gasteiger partial charge in [0, 0.05) is 24.9 Å². The van der Waals surface area contributed by atoms with Gasteiger partial charge >= 0.3 is 0 Å². The van der Waals surface area contributed by atoms with Crippen molar-refractivity contribution in [3.8, 4) is 0 Å². The number of thioether (sulfide) groups is 1. The molecule has 2 atom stereocenters. The zero-order valence-electron chi connectivity index (χ0n) is 13.2. The van der Waals surface area contributed by atoms with E-state index in [1.165, 1.54) is 6.07 Å². The number of benzene rings is 1. The predicted octanol–water partition coefficient (Wildman–Crippen LogP) is 2.75. The minimum Gasteiger partial charge on any atom is -0.377 e. The molecule has 2 heterocycles. The number of hydrogen-bond donors (Lipinski definition) is 1. The Morgan fingerprint density at radius 1 is 1.39 bits per heavy atom. The summed E-state index contributed by atoms with van der Waals surface area (Å²) in [6.07, 6.45) is 3.48. The summed E-state index contributed by atoms with van der Waals surface area (Å²) in [5, 5.41) is 2.69. The van der Waals surface area contributed by atoms with Gasteiger partial charge < -0.3 is 10.1 Å². The lowest BCUT2D eigenvalue weighted by Gasteiger charge is -2.29. The second-order valence-electron chi connectivity index (χ2n) is 6.11. The average Bonchev–Trinajstić information content (AvgIpc) is 3.22. The van der Waals surface area contributed by atoms with Crippen molar-refractivity contribution < 1.29 is 13.9 Å². The maximum absolute atomic E-state index is 13.7. The molecule has 0 radical (unpaired) electrons. The van der Waals surface area contributed by atoms with E-state index < -0.39 is 5.82 Å². The number of nitrogens with zero attached hydrogens (tertiary/aromatic N) is 1. The molecule has 1 aromatic rings. The molecule has 0 aromatic heterocycles. The van der Waals surface area contributed by atoms with Crippen LogP contribution in [0.2, 0.25) is 0 Å². The Labute approximate surface area is 140 Å². The lowest BCUT2D eigenvalue weighted by Crippen LogP contribution is -2.44. The molecule has 1 amide bonds. The highest BCUT2D eigenvalue weighted by atomic mass is 32.2. The number of hydrogen-bond acceptors (Lipinski definition) is 4. The quantitative estimate of drug-likeness (QED) is 0.866. The van der Waals surface area contributed by atoms with Gasteiger partial charge in [-0.25, -0.2) is 4.39 Å². The molecule has 2 aliphatic heterocycles. The number of carbonyl (C=O) groups excluding carboxylic acids is 1. The second-order valence-corrected chi connectivity index (χ2v) is 7.26. The summed E-state index contributed by atoms with van der Waals surface area (Å²) < 4.78 is 19.4. The minimum absolute atomic E-state index is 0.162. The molecule has 0 saturated carbocycles. The van der Waals surface area contributed by atoms with Crippen LogP contribution in [-0.4, -0.2) is 54.2 Å². The van der Waals surface area contributed by atoms with Crippen LogP contribution < -0.4 is 5.32 Å². The first-order valence-electron chi connectivity index (χ1n) is 8.20. The molecule has 4 nitrogen and oxygen atoms in total. The fourth-order valence-electron chi connectivity index (χ4n) is 3.14. The monoisotopic (exact) mass is 338 g/mol. The van der Waals surface area contributed by atoms with Crippen molar-refractivity contribution in [2.24, 2.45) is 0 Å². The molecular formula is C17H23FN2O2S. The normalized spacial score (nSPS) is 24.3. The van der Waals surface area contributed by atoms with Gasteiger partial charge in [0.15, 0.2) is 0 Å². The largest absolute Gasteiger partial charge is 0.377 e. The lowest BCUT2D eigenvalue weighted by atomic mass is 10.1. The van der Waals surface area contributed by atoms with Crippen LogP contribution in [-0.2, 0) is 9.53 Å². The molecule has 0 aliphatic carbocycles. The maximum atomic E-state index is 13.7. The fraction of sp³-hybridized carbons (Fsp3) is 0.588. The van der Waals surface area contributed by atoms with Gasteiger partial charge in [-0.05, 0) is 37.1 Å². The van der Waals surface area contributed by atoms with Gasteiger partial charge in [-0.1, -0.05) is 12.1 Å². The third kappa shape index (κ3) is 4.68. The number of halogens is 1. The molecule has 0 bridgehead atoms. The van der Waals surface area contributed by atoms with Crippen LogP contribution in [0.5, 0.6) is 0 Å². The molecule has 23 heavy (non-hydrogen) atoms. The van der Waals surface area contributed by atoms with E-state index in [9.17, 15) is 9.18 Å². The summed E-state index contributed by atoms with van der Waals surface area (Å²) in [6, 6.07) is 6.69. The summed E-state index contributed by atoms with van der Waals surface area (Å²) >= 11 is 1.93. The zero-order chi connectivity index (χ0) is 16.1. The van der Waals surface area contributed by atoms with Crippen LogP contribution in [0, 0.1) is 5.82 Å². The van der Waals surface area contributed by atoms with E-state index in [-0.39, 0.29) is 17.7 Å². The highest BCUT2D eigenvalue weighted by Crippen LogP contribution is 2.24. The molecular weight excluding hydrogens is 315 g/mol. The smallest absolute Gasteiger partial charge is 0.238 e. The Hall–Kier alpha value is -1.11. The van der Waals surface area contributed by atoms with E-state index in [0.29, 0.717) is 12.6 Å². The Bertz CT molecular complexity index is 531. The Kier molecular flexibility index (Phi) is 5.91. The average molecular weight is 338 g/mol. The Morgan fingerprint density at radius 2 is 2.26 bits per heavy atom. The lowest BCUT2D eigenvalue weighted by molar-refractivity contribution is -0.118. The Morgan fingerprint density at radius 3 is 2.96 bits per heavy atom. The van der Waals surface area contributed by atoms with Crippen molar-refractivity contribution in [2.45, 2.75) is 31.4 Å². The van der Waals surface area contributed by atoms with Crippen LogP contribution in [0.3, 0.4) is 0 Å². The van der Waals surface area contributed by atoms with Gasteiger partial charge in [0.05, 0.1) is 18.3 Å². The van der Waals surface area contributed by atoms with Crippen molar-refractivity contribution in [2.75, 3.05) is 36.5 Å². The van der Waals surface area contributed by atoms with Crippen molar-refractivity contribution in [1.82, 2.24) is 4.90 Å². The van der Waals surface area contributed by atoms with E-state index in [1.807, 2.05) is 11.8 Å². The molecule has 6 heteroatoms. The van der Waals surface area contributed by atoms with Crippen LogP contribution in [0.25, 0.3) is 0 Å². The summed E-state index contributed by atoms with van der Waals surface area (Å²) in [5.74, 6) is 1.63. The first-order chi connectivity index (χ1) is 11.2. The van der Waals surface area contributed by atoms with Gasteiger partial charge in [-0.15, -0.1) is 0 Å². The number of anilines is 1. The van der Waals surface area contributed by atoms with Crippen molar-refractivity contribution in [3.63, 3.8) is 0 Å². The molecule has 2 aliphatic rings. The molecule has 0 unspecified atom stereocenters. The number of ether oxygens (including phenoxy) is 1. The molecule has 1 N–H and O–H groups in total. The molecule has 1 aromatic carbocycles. The van der Waals surface area contributed by atoms with Crippen molar-refractivity contribution in [1.29, 1.82) is 0 Å². The number of amides is 1. The van der Waals surface area contributed by atoms with Gasteiger partial charge in [0.2, 0.25) is 5.91 Å². The van der Waals surface area contributed by atoms with Crippen LogP contribution in [0.15, 0.2) is 24.3 Å². The van der Waals surface area contributed by atoms with E-state index in [2.05, 4.69) is 10.2 Å². The van der Waals surface area contributed by atoms with Crippen LogP contribution >= 0.6 is 11.8 Å². The summed E-state index contributed by atoms with van der Waals surface area (Å²) in [7, 11) is 0. The topological polar surface area (TPSA) is 41.6 Å². The van der Waals surface area contributed by atoms with Gasteiger partial charge in [-0.3, -0.25) is 9.69 Å². The highest BCUT2D eigenvalue weighted by molar-refractivity contribution is 7.99. The predicted molar refractivity (Wildman–Crippen MR) is 91.3 cm³/mol. The third-order valence-corrected chi connectivity index (χ3v) is 5.52. The van der Waals surface area contributed by atoms with Crippen molar-refractivity contribution >= 4 is 23.4 Å². The fourth-order valence-corrected chi connectivity index (χ4v) is 4.39. The van der Waals surface area contributed by atoms with Crippen molar-refractivity contribution in [3.05, 3.63) is 30.1 Å². The maximum Gasteiger partial charge on any atom is 0.238 e. The van der Waals surface area contributed by atoms with E-state index in [4.69, 9.17) is 4.74 Å². The molecule has 2 fully saturated rings. The van der Waals surface area contributed by atoms with E-state index in [0.717, 1.165) is 43.9 Å². The molecule has 0 spiro atoms. The van der Waals surface area contributed by atoms with Crippen LogP contribution in [0.4, 0.5) is 10.1 Å². The first-order valence-corrected chi connectivity index (χ1v) is 9.35. The zero-order valence-corrected chi connectivity index (χ0v) is 14.0. The van der Waals surface area contributed by atoms with Crippen LogP contribution in [0.1, 0.15) is 19.3 Å². The van der Waals surface area contributed by atoms with Gasteiger partial charge in [0.25, 0.3) is 0 Å². The SMILES string of the molecule is O=C(CN(C[C@H]1CCCO1)[C@H]1CCSC1)Nc1ccccc1F. The minimum atomic E-state index is -0.400. The number of nitrogens with one attached hydrogen (secondary N) is 1. The van der Waals surface area contributed by atoms with E-state index >= 15 is 0 Å². The standard InChI is InChI=1S/C17H23FN2O2S/c18-15-5-1-2-6-16(15)19-17(21)11-20(13-7-9-23-12-13)10-14-4-3-8-22-14/h1-2,5-6,13-14H,3-4,7-12H2,(H,19,21)/t13-,14+/m0/s1. The molecule has 126 valence electrons. The Balaban J connectivity index is 1.60.